The van der Waals surface area contributed by atoms with Crippen molar-refractivity contribution in [1.29, 1.82) is 0 Å². The molecule has 0 atom stereocenters. The topological polar surface area (TPSA) is 74.8 Å². The Hall–Kier alpha value is -1.98. The molecule has 2 rings (SSSR count). The molecule has 0 amide bonds. The Morgan fingerprint density at radius 2 is 2.36 bits per heavy atom. The average molecular weight is 191 g/mol. The molecule has 6 nitrogen and oxygen atoms in total. The van der Waals surface area contributed by atoms with Gasteiger partial charge in [-0.1, -0.05) is 0 Å². The smallest absolute Gasteiger partial charge is 0.182 e. The van der Waals surface area contributed by atoms with Gasteiger partial charge in [-0.05, 0) is 0 Å². The molecule has 72 valence electrons. The van der Waals surface area contributed by atoms with E-state index >= 15 is 0 Å². The van der Waals surface area contributed by atoms with Crippen LogP contribution in [0.25, 0.3) is 11.2 Å². The van der Waals surface area contributed by atoms with Crippen molar-refractivity contribution in [3.05, 3.63) is 12.7 Å². The third kappa shape index (κ3) is 1.30. The molecule has 0 aromatic carbocycles. The first-order valence-electron chi connectivity index (χ1n) is 4.12. The van der Waals surface area contributed by atoms with E-state index in [1.807, 2.05) is 0 Å². The lowest BCUT2D eigenvalue weighted by molar-refractivity contribution is -0.106. The molecular weight excluding hydrogens is 182 g/mol. The van der Waals surface area contributed by atoms with Crippen LogP contribution in [0.4, 0.5) is 5.82 Å². The molecule has 0 radical (unpaired) electrons. The molecule has 0 aliphatic carbocycles. The number of aromatic nitrogens is 4. The van der Waals surface area contributed by atoms with Crippen LogP contribution in [0.5, 0.6) is 0 Å². The molecule has 2 aromatic rings. The Bertz CT molecular complexity index is 452. The quantitative estimate of drug-likeness (QED) is 0.690. The zero-order chi connectivity index (χ0) is 9.97. The minimum absolute atomic E-state index is 0.297. The summed E-state index contributed by atoms with van der Waals surface area (Å²) in [4.78, 5) is 27.1. The number of carbonyl (C=O) groups excluding carboxylic acids is 1. The Labute approximate surface area is 80.0 Å². The number of carbonyl (C=O) groups is 1. The van der Waals surface area contributed by atoms with Crippen molar-refractivity contribution in [2.75, 3.05) is 18.5 Å². The Kier molecular flexibility index (Phi) is 2.10. The van der Waals surface area contributed by atoms with Gasteiger partial charge in [0.2, 0.25) is 0 Å². The summed E-state index contributed by atoms with van der Waals surface area (Å²) in [5.41, 5.74) is 1.35. The number of hydrogen-bond acceptors (Lipinski definition) is 5. The van der Waals surface area contributed by atoms with Crippen molar-refractivity contribution < 1.29 is 4.79 Å². The summed E-state index contributed by atoms with van der Waals surface area (Å²) in [5.74, 6) is 0.680. The summed E-state index contributed by atoms with van der Waals surface area (Å²) in [7, 11) is 1.79. The van der Waals surface area contributed by atoms with Crippen LogP contribution in [0.2, 0.25) is 0 Å². The number of fused-ring (bicyclic) bond motifs is 1. The molecule has 6 heteroatoms. The molecule has 0 unspecified atom stereocenters. The molecule has 0 aliphatic heterocycles. The number of hydrogen-bond donors (Lipinski definition) is 1. The van der Waals surface area contributed by atoms with Crippen LogP contribution in [0, 0.1) is 0 Å². The number of nitrogens with zero attached hydrogens (tertiary/aromatic N) is 4. The predicted octanol–water partition coefficient (Wildman–Crippen LogP) is -0.0120. The highest BCUT2D eigenvalue weighted by Gasteiger charge is 2.08. The van der Waals surface area contributed by atoms with E-state index in [-0.39, 0.29) is 0 Å². The number of anilines is 1. The zero-order valence-electron chi connectivity index (χ0n) is 7.64. The lowest BCUT2D eigenvalue weighted by Gasteiger charge is -2.14. The van der Waals surface area contributed by atoms with Gasteiger partial charge < -0.3 is 14.7 Å². The molecule has 2 aromatic heterocycles. The standard InChI is InChI=1S/C8H9N5O/c1-13(2-3-14)8-6-7(10-4-9-6)11-5-12-8/h3-5H,2H2,1H3,(H,9,10,11,12). The van der Waals surface area contributed by atoms with Crippen molar-refractivity contribution in [2.45, 2.75) is 0 Å². The molecule has 0 saturated heterocycles. The lowest BCUT2D eigenvalue weighted by Crippen LogP contribution is -2.20. The second kappa shape index (κ2) is 3.41. The molecule has 0 saturated carbocycles. The van der Waals surface area contributed by atoms with Gasteiger partial charge in [-0.3, -0.25) is 0 Å². The molecule has 0 bridgehead atoms. The Balaban J connectivity index is 2.50. The van der Waals surface area contributed by atoms with E-state index < -0.39 is 0 Å². The fraction of sp³-hybridized carbons (Fsp3) is 0.250. The normalized spacial score (nSPS) is 10.4. The molecule has 0 spiro atoms. The van der Waals surface area contributed by atoms with Gasteiger partial charge in [0.25, 0.3) is 0 Å². The number of aldehydes is 1. The highest BCUT2D eigenvalue weighted by atomic mass is 16.1. The van der Waals surface area contributed by atoms with Gasteiger partial charge >= 0.3 is 0 Å². The zero-order valence-corrected chi connectivity index (χ0v) is 7.64. The Morgan fingerprint density at radius 3 is 3.14 bits per heavy atom. The van der Waals surface area contributed by atoms with Crippen LogP contribution in [0.15, 0.2) is 12.7 Å². The summed E-state index contributed by atoms with van der Waals surface area (Å²) >= 11 is 0. The van der Waals surface area contributed by atoms with Crippen molar-refractivity contribution >= 4 is 23.3 Å². The minimum atomic E-state index is 0.297. The second-order valence-electron chi connectivity index (χ2n) is 2.85. The summed E-state index contributed by atoms with van der Waals surface area (Å²) in [6.07, 6.45) is 3.81. The van der Waals surface area contributed by atoms with Crippen LogP contribution in [-0.2, 0) is 4.79 Å². The predicted molar refractivity (Wildman–Crippen MR) is 51.0 cm³/mol. The Morgan fingerprint density at radius 1 is 1.50 bits per heavy atom. The largest absolute Gasteiger partial charge is 0.351 e. The maximum absolute atomic E-state index is 10.4. The highest BCUT2D eigenvalue weighted by molar-refractivity contribution is 5.83. The van der Waals surface area contributed by atoms with Gasteiger partial charge in [-0.2, -0.15) is 0 Å². The summed E-state index contributed by atoms with van der Waals surface area (Å²) in [5, 5.41) is 0. The first-order chi connectivity index (χ1) is 6.83. The van der Waals surface area contributed by atoms with Crippen molar-refractivity contribution in [3.8, 4) is 0 Å². The second-order valence-corrected chi connectivity index (χ2v) is 2.85. The van der Waals surface area contributed by atoms with Gasteiger partial charge in [0, 0.05) is 7.05 Å². The van der Waals surface area contributed by atoms with E-state index in [0.717, 1.165) is 11.8 Å². The lowest BCUT2D eigenvalue weighted by atomic mass is 10.4. The molecule has 2 heterocycles. The van der Waals surface area contributed by atoms with E-state index in [4.69, 9.17) is 0 Å². The monoisotopic (exact) mass is 191 g/mol. The number of nitrogens with one attached hydrogen (secondary N) is 1. The van der Waals surface area contributed by atoms with Gasteiger partial charge in [0.05, 0.1) is 12.9 Å². The maximum atomic E-state index is 10.4. The molecule has 1 N–H and O–H groups in total. The summed E-state index contributed by atoms with van der Waals surface area (Å²) < 4.78 is 0. The van der Waals surface area contributed by atoms with E-state index in [2.05, 4.69) is 19.9 Å². The van der Waals surface area contributed by atoms with Crippen molar-refractivity contribution in [3.63, 3.8) is 0 Å². The highest BCUT2D eigenvalue weighted by Crippen LogP contribution is 2.17. The van der Waals surface area contributed by atoms with E-state index in [9.17, 15) is 4.79 Å². The summed E-state index contributed by atoms with van der Waals surface area (Å²) in [6, 6.07) is 0. The number of aromatic amines is 1. The first kappa shape index (κ1) is 8.61. The molecule has 14 heavy (non-hydrogen) atoms. The summed E-state index contributed by atoms with van der Waals surface area (Å²) in [6.45, 7) is 0.297. The number of rotatable bonds is 3. The fourth-order valence-corrected chi connectivity index (χ4v) is 1.24. The van der Waals surface area contributed by atoms with Crippen molar-refractivity contribution in [2.24, 2.45) is 0 Å². The minimum Gasteiger partial charge on any atom is -0.351 e. The van der Waals surface area contributed by atoms with Crippen LogP contribution in [-0.4, -0.2) is 39.8 Å². The van der Waals surface area contributed by atoms with E-state index in [0.29, 0.717) is 18.0 Å². The SMILES string of the molecule is CN(CC=O)c1ncnc2nc[nH]c12. The van der Waals surface area contributed by atoms with Gasteiger partial charge in [-0.15, -0.1) is 0 Å². The van der Waals surface area contributed by atoms with E-state index in [1.165, 1.54) is 6.33 Å². The van der Waals surface area contributed by atoms with E-state index in [1.54, 1.807) is 18.3 Å². The van der Waals surface area contributed by atoms with Gasteiger partial charge in [-0.25, -0.2) is 15.0 Å². The first-order valence-corrected chi connectivity index (χ1v) is 4.12. The molecule has 0 fully saturated rings. The fourth-order valence-electron chi connectivity index (χ4n) is 1.24. The third-order valence-corrected chi connectivity index (χ3v) is 1.91. The van der Waals surface area contributed by atoms with Gasteiger partial charge in [0.15, 0.2) is 11.5 Å². The average Bonchev–Trinajstić information content (AvgIpc) is 2.65. The molecule has 0 aliphatic rings. The number of imidazole rings is 1. The third-order valence-electron chi connectivity index (χ3n) is 1.91. The number of H-pyrrole nitrogens is 1. The van der Waals surface area contributed by atoms with Crippen molar-refractivity contribution in [1.82, 2.24) is 19.9 Å². The maximum Gasteiger partial charge on any atom is 0.182 e. The van der Waals surface area contributed by atoms with Crippen LogP contribution in [0.1, 0.15) is 0 Å². The van der Waals surface area contributed by atoms with Crippen LogP contribution < -0.4 is 4.90 Å². The van der Waals surface area contributed by atoms with Crippen LogP contribution >= 0.6 is 0 Å². The molecular formula is C8H9N5O. The number of likely N-dealkylation sites (N-methyl/N-ethyl adjacent to an activating group) is 1. The van der Waals surface area contributed by atoms with Gasteiger partial charge in [0.1, 0.15) is 18.1 Å². The van der Waals surface area contributed by atoms with Crippen LogP contribution in [0.3, 0.4) is 0 Å².